The van der Waals surface area contributed by atoms with Crippen LogP contribution in [0.2, 0.25) is 5.02 Å². The number of nitro groups is 1. The van der Waals surface area contributed by atoms with E-state index >= 15 is 0 Å². The number of fused-ring (bicyclic) bond motifs is 3. The highest BCUT2D eigenvalue weighted by atomic mass is 35.5. The molecule has 5 nitrogen and oxygen atoms in total. The number of hydrogen-bond donors (Lipinski definition) is 0. The van der Waals surface area contributed by atoms with Gasteiger partial charge in [0.05, 0.1) is 5.92 Å². The summed E-state index contributed by atoms with van der Waals surface area (Å²) in [6.45, 7) is 0. The van der Waals surface area contributed by atoms with Crippen molar-refractivity contribution in [3.63, 3.8) is 0 Å². The molecular weight excluding hydrogens is 412 g/mol. The van der Waals surface area contributed by atoms with Gasteiger partial charge in [0.1, 0.15) is 12.1 Å². The van der Waals surface area contributed by atoms with Gasteiger partial charge in [-0.1, -0.05) is 84.4 Å². The predicted molar refractivity (Wildman–Crippen MR) is 121 cm³/mol. The number of hydrogen-bond acceptors (Lipinski definition) is 4. The number of para-hydroxylation sites is 1. The Morgan fingerprint density at radius 2 is 1.61 bits per heavy atom. The lowest BCUT2D eigenvalue weighted by molar-refractivity contribution is -0.524. The quantitative estimate of drug-likeness (QED) is 0.323. The number of carbonyl (C=O) groups excluding carboxylic acids is 1. The molecule has 0 spiro atoms. The monoisotopic (exact) mass is 430 g/mol. The summed E-state index contributed by atoms with van der Waals surface area (Å²) in [5.74, 6) is -0.749. The average Bonchev–Trinajstić information content (AvgIpc) is 3.15. The summed E-state index contributed by atoms with van der Waals surface area (Å²) in [6, 6.07) is 21.5. The summed E-state index contributed by atoms with van der Waals surface area (Å²) in [4.78, 5) is 27.8. The van der Waals surface area contributed by atoms with Crippen LogP contribution in [0.4, 0.5) is 5.69 Å². The zero-order valence-corrected chi connectivity index (χ0v) is 17.2. The normalized spacial score (nSPS) is 23.8. The second-order valence-electron chi connectivity index (χ2n) is 7.84. The third kappa shape index (κ3) is 3.22. The van der Waals surface area contributed by atoms with E-state index in [2.05, 4.69) is 0 Å². The van der Waals surface area contributed by atoms with Gasteiger partial charge in [-0.15, -0.1) is 0 Å². The van der Waals surface area contributed by atoms with E-state index in [1.54, 1.807) is 36.4 Å². The molecule has 3 aromatic rings. The van der Waals surface area contributed by atoms with Crippen molar-refractivity contribution in [2.24, 2.45) is 0 Å². The number of Topliss-reactive ketones (excluding diaryl/α,β-unsaturated/α-hetero) is 1. The molecule has 4 atom stereocenters. The van der Waals surface area contributed by atoms with Gasteiger partial charge in [0.2, 0.25) is 6.04 Å². The number of rotatable bonds is 4. The molecule has 2 aliphatic rings. The molecule has 1 saturated heterocycles. The van der Waals surface area contributed by atoms with Gasteiger partial charge < -0.3 is 4.90 Å². The Balaban J connectivity index is 1.72. The van der Waals surface area contributed by atoms with E-state index in [1.807, 2.05) is 59.5 Å². The highest BCUT2D eigenvalue weighted by Crippen LogP contribution is 2.47. The summed E-state index contributed by atoms with van der Waals surface area (Å²) in [5, 5.41) is 12.9. The second kappa shape index (κ2) is 7.67. The number of anilines is 1. The smallest absolute Gasteiger partial charge is 0.245 e. The van der Waals surface area contributed by atoms with E-state index < -0.39 is 24.0 Å². The fraction of sp³-hybridized carbons (Fsp3) is 0.160. The highest BCUT2D eigenvalue weighted by Gasteiger charge is 2.58. The van der Waals surface area contributed by atoms with E-state index in [-0.39, 0.29) is 10.7 Å². The number of carbonyl (C=O) groups is 1. The van der Waals surface area contributed by atoms with Crippen molar-refractivity contribution in [3.8, 4) is 0 Å². The van der Waals surface area contributed by atoms with Crippen molar-refractivity contribution >= 4 is 29.1 Å². The molecule has 31 heavy (non-hydrogen) atoms. The first-order chi connectivity index (χ1) is 15.1. The number of benzene rings is 3. The minimum absolute atomic E-state index is 0.125. The molecule has 0 radical (unpaired) electrons. The Labute approximate surface area is 184 Å². The van der Waals surface area contributed by atoms with E-state index in [4.69, 9.17) is 11.6 Å². The average molecular weight is 431 g/mol. The van der Waals surface area contributed by atoms with Crippen LogP contribution in [-0.2, 0) is 0 Å². The third-order valence-corrected chi connectivity index (χ3v) is 6.44. The lowest BCUT2D eigenvalue weighted by Gasteiger charge is -2.34. The molecule has 3 aromatic carbocycles. The molecule has 2 aliphatic heterocycles. The fourth-order valence-electron chi connectivity index (χ4n) is 4.89. The minimum atomic E-state index is -0.969. The van der Waals surface area contributed by atoms with Crippen molar-refractivity contribution in [1.29, 1.82) is 0 Å². The molecule has 0 aliphatic carbocycles. The summed E-state index contributed by atoms with van der Waals surface area (Å²) >= 11 is 6.08. The Kier molecular flexibility index (Phi) is 4.83. The molecule has 0 aromatic heterocycles. The van der Waals surface area contributed by atoms with Crippen LogP contribution in [-0.4, -0.2) is 28.8 Å². The van der Waals surface area contributed by atoms with Gasteiger partial charge in [0.25, 0.3) is 0 Å². The lowest BCUT2D eigenvalue weighted by Crippen LogP contribution is -2.44. The van der Waals surface area contributed by atoms with Crippen LogP contribution in [0, 0.1) is 10.1 Å². The number of ketones is 1. The molecule has 0 amide bonds. The molecule has 154 valence electrons. The molecule has 1 fully saturated rings. The van der Waals surface area contributed by atoms with Gasteiger partial charge in [-0.25, -0.2) is 0 Å². The largest absolute Gasteiger partial charge is 0.346 e. The molecule has 5 rings (SSSR count). The molecule has 0 unspecified atom stereocenters. The molecule has 0 saturated carbocycles. The second-order valence-corrected chi connectivity index (χ2v) is 8.28. The first-order valence-electron chi connectivity index (χ1n) is 10.1. The SMILES string of the molecule is O=C(c1ccccc1)[C@@H]1[C@H](c2ccc(Cl)cc2)[C@H]([N+](=O)[O-])[C@H]2C=Cc3ccccc3N21. The molecular formula is C25H19ClN2O3. The van der Waals surface area contributed by atoms with Crippen LogP contribution in [0.15, 0.2) is 84.9 Å². The maximum absolute atomic E-state index is 13.8. The van der Waals surface area contributed by atoms with Crippen LogP contribution in [0.1, 0.15) is 27.4 Å². The Morgan fingerprint density at radius 1 is 0.935 bits per heavy atom. The zero-order valence-electron chi connectivity index (χ0n) is 16.5. The van der Waals surface area contributed by atoms with Crippen LogP contribution in [0.25, 0.3) is 6.08 Å². The first kappa shape index (κ1) is 19.5. The van der Waals surface area contributed by atoms with Gasteiger partial charge in [0, 0.05) is 21.2 Å². The van der Waals surface area contributed by atoms with E-state index in [0.29, 0.717) is 10.6 Å². The number of halogens is 1. The number of nitrogens with zero attached hydrogens (tertiary/aromatic N) is 2. The van der Waals surface area contributed by atoms with Crippen LogP contribution in [0.3, 0.4) is 0 Å². The van der Waals surface area contributed by atoms with Crippen LogP contribution in [0.5, 0.6) is 0 Å². The van der Waals surface area contributed by atoms with Crippen LogP contribution >= 0.6 is 11.6 Å². The molecule has 6 heteroatoms. The fourth-order valence-corrected chi connectivity index (χ4v) is 5.01. The summed E-state index contributed by atoms with van der Waals surface area (Å²) in [6.07, 6.45) is 3.78. The van der Waals surface area contributed by atoms with Gasteiger partial charge >= 0.3 is 0 Å². The minimum Gasteiger partial charge on any atom is -0.346 e. The van der Waals surface area contributed by atoms with Crippen molar-refractivity contribution in [2.45, 2.75) is 24.0 Å². The highest BCUT2D eigenvalue weighted by molar-refractivity contribution is 6.30. The topological polar surface area (TPSA) is 63.4 Å². The predicted octanol–water partition coefficient (Wildman–Crippen LogP) is 5.24. The zero-order chi connectivity index (χ0) is 21.5. The van der Waals surface area contributed by atoms with Crippen molar-refractivity contribution < 1.29 is 9.72 Å². The maximum atomic E-state index is 13.8. The van der Waals surface area contributed by atoms with Gasteiger partial charge in [0.15, 0.2) is 5.78 Å². The van der Waals surface area contributed by atoms with Crippen LogP contribution < -0.4 is 4.90 Å². The lowest BCUT2D eigenvalue weighted by atomic mass is 9.84. The van der Waals surface area contributed by atoms with Gasteiger partial charge in [-0.2, -0.15) is 0 Å². The van der Waals surface area contributed by atoms with Gasteiger partial charge in [-0.3, -0.25) is 14.9 Å². The molecule has 0 bridgehead atoms. The summed E-state index contributed by atoms with van der Waals surface area (Å²) < 4.78 is 0. The van der Waals surface area contributed by atoms with Gasteiger partial charge in [-0.05, 0) is 29.3 Å². The van der Waals surface area contributed by atoms with E-state index in [1.165, 1.54) is 0 Å². The van der Waals surface area contributed by atoms with E-state index in [9.17, 15) is 14.9 Å². The maximum Gasteiger partial charge on any atom is 0.245 e. The Hall–Kier alpha value is -3.44. The van der Waals surface area contributed by atoms with Crippen molar-refractivity contribution in [3.05, 3.63) is 117 Å². The standard InChI is InChI=1S/C25H19ClN2O3/c26-19-13-10-17(11-14-19)22-23(28(30)31)21-15-12-16-6-4-5-9-20(16)27(21)24(22)25(29)18-7-2-1-3-8-18/h1-15,21-24H/t21-,22-,23-,24+/m1/s1. The summed E-state index contributed by atoms with van der Waals surface area (Å²) in [5.41, 5.74) is 3.07. The first-order valence-corrected chi connectivity index (χ1v) is 10.5. The Morgan fingerprint density at radius 3 is 2.32 bits per heavy atom. The third-order valence-electron chi connectivity index (χ3n) is 6.19. The van der Waals surface area contributed by atoms with Crippen molar-refractivity contribution in [1.82, 2.24) is 0 Å². The van der Waals surface area contributed by atoms with Crippen molar-refractivity contribution in [2.75, 3.05) is 4.90 Å². The Bertz CT molecular complexity index is 1180. The summed E-state index contributed by atoms with van der Waals surface area (Å²) in [7, 11) is 0. The molecule has 2 heterocycles. The molecule has 0 N–H and O–H groups in total. The van der Waals surface area contributed by atoms with E-state index in [0.717, 1.165) is 16.8 Å².